The van der Waals surface area contributed by atoms with Gasteiger partial charge in [0.2, 0.25) is 0 Å². The molecule has 0 radical (unpaired) electrons. The average molecular weight is 277 g/mol. The maximum Gasteiger partial charge on any atom is 0.153 e. The van der Waals surface area contributed by atoms with Crippen LogP contribution in [0.2, 0.25) is 0 Å². The number of hydrogen-bond acceptors (Lipinski definition) is 4. The number of oxime groups is 1. The second kappa shape index (κ2) is 7.26. The molecule has 110 valence electrons. The molecule has 1 fully saturated rings. The van der Waals surface area contributed by atoms with Crippen LogP contribution in [-0.2, 0) is 16.2 Å². The minimum atomic E-state index is 0.451. The molecular formula is C15H23N3O2. The van der Waals surface area contributed by atoms with Crippen LogP contribution in [0.4, 0.5) is 0 Å². The Morgan fingerprint density at radius 2 is 1.90 bits per heavy atom. The first-order valence-corrected chi connectivity index (χ1v) is 6.95. The number of nitrogens with zero attached hydrogens (tertiary/aromatic N) is 2. The quantitative estimate of drug-likeness (QED) is 0.502. The van der Waals surface area contributed by atoms with Gasteiger partial charge in [-0.05, 0) is 19.4 Å². The van der Waals surface area contributed by atoms with Crippen LogP contribution in [0.3, 0.4) is 0 Å². The van der Waals surface area contributed by atoms with Crippen molar-refractivity contribution in [1.82, 2.24) is 4.90 Å². The van der Waals surface area contributed by atoms with Crippen molar-refractivity contribution in [1.29, 1.82) is 0 Å². The predicted molar refractivity (Wildman–Crippen MR) is 79.6 cm³/mol. The van der Waals surface area contributed by atoms with Gasteiger partial charge in [0.25, 0.3) is 0 Å². The van der Waals surface area contributed by atoms with Gasteiger partial charge < -0.3 is 15.3 Å². The predicted octanol–water partition coefficient (Wildman–Crippen LogP) is 1.42. The second-order valence-electron chi connectivity index (χ2n) is 5.24. The summed E-state index contributed by atoms with van der Waals surface area (Å²) < 4.78 is 5.29. The highest BCUT2D eigenvalue weighted by molar-refractivity contribution is 5.81. The molecule has 0 aromatic heterocycles. The normalized spacial score (nSPS) is 17.2. The lowest BCUT2D eigenvalue weighted by molar-refractivity contribution is 0.0443. The lowest BCUT2D eigenvalue weighted by Gasteiger charge is -2.25. The first-order chi connectivity index (χ1) is 9.63. The summed E-state index contributed by atoms with van der Waals surface area (Å²) in [7, 11) is 0. The van der Waals surface area contributed by atoms with Gasteiger partial charge in [0.05, 0.1) is 19.8 Å². The molecule has 0 spiro atoms. The van der Waals surface area contributed by atoms with Gasteiger partial charge in [-0.1, -0.05) is 34.5 Å². The lowest BCUT2D eigenvalue weighted by Crippen LogP contribution is -2.41. The van der Waals surface area contributed by atoms with E-state index in [4.69, 9.17) is 15.3 Å². The van der Waals surface area contributed by atoms with Gasteiger partial charge in [-0.15, -0.1) is 0 Å². The molecule has 0 saturated carbocycles. The number of benzene rings is 1. The Balaban J connectivity index is 1.79. The highest BCUT2D eigenvalue weighted by Gasteiger charge is 2.11. The number of morpholine rings is 1. The van der Waals surface area contributed by atoms with E-state index in [2.05, 4.69) is 42.1 Å². The van der Waals surface area contributed by atoms with Crippen LogP contribution >= 0.6 is 0 Å². The maximum absolute atomic E-state index is 5.87. The number of amidine groups is 1. The highest BCUT2D eigenvalue weighted by Crippen LogP contribution is 2.10. The van der Waals surface area contributed by atoms with E-state index < -0.39 is 0 Å². The molecule has 5 nitrogen and oxygen atoms in total. The molecule has 1 heterocycles. The summed E-state index contributed by atoms with van der Waals surface area (Å²) in [5.41, 5.74) is 9.45. The fraction of sp³-hybridized carbons (Fsp3) is 0.533. The molecule has 5 heteroatoms. The van der Waals surface area contributed by atoms with Crippen LogP contribution in [0.1, 0.15) is 16.7 Å². The van der Waals surface area contributed by atoms with Crippen molar-refractivity contribution in [2.75, 3.05) is 32.8 Å². The molecular weight excluding hydrogens is 254 g/mol. The minimum absolute atomic E-state index is 0.451. The van der Waals surface area contributed by atoms with Crippen LogP contribution in [0.5, 0.6) is 0 Å². The van der Waals surface area contributed by atoms with Gasteiger partial charge >= 0.3 is 0 Å². The lowest BCUT2D eigenvalue weighted by atomic mass is 10.1. The standard InChI is InChI=1S/C15H23N3O2/c1-12-7-13(2)9-14(8-12)11-20-17-15(16)10-18-3-5-19-6-4-18/h7-9H,3-6,10-11H2,1-2H3,(H2,16,17). The van der Waals surface area contributed by atoms with Crippen LogP contribution in [-0.4, -0.2) is 43.6 Å². The van der Waals surface area contributed by atoms with Crippen LogP contribution in [0.15, 0.2) is 23.4 Å². The van der Waals surface area contributed by atoms with E-state index in [0.29, 0.717) is 19.0 Å². The van der Waals surface area contributed by atoms with Gasteiger partial charge in [-0.3, -0.25) is 4.90 Å². The van der Waals surface area contributed by atoms with Gasteiger partial charge in [-0.2, -0.15) is 0 Å². The van der Waals surface area contributed by atoms with Crippen molar-refractivity contribution < 1.29 is 9.57 Å². The summed E-state index contributed by atoms with van der Waals surface area (Å²) in [5, 5.41) is 3.98. The first-order valence-electron chi connectivity index (χ1n) is 6.95. The zero-order valence-corrected chi connectivity index (χ0v) is 12.3. The average Bonchev–Trinajstić information content (AvgIpc) is 2.38. The summed E-state index contributed by atoms with van der Waals surface area (Å²) in [5.74, 6) is 0.510. The molecule has 1 aliphatic heterocycles. The zero-order chi connectivity index (χ0) is 14.4. The maximum atomic E-state index is 5.87. The molecule has 1 aromatic rings. The molecule has 2 rings (SSSR count). The first kappa shape index (κ1) is 14.8. The summed E-state index contributed by atoms with van der Waals surface area (Å²) >= 11 is 0. The Kier molecular flexibility index (Phi) is 5.38. The van der Waals surface area contributed by atoms with Crippen LogP contribution in [0.25, 0.3) is 0 Å². The van der Waals surface area contributed by atoms with Crippen LogP contribution < -0.4 is 5.73 Å². The Bertz CT molecular complexity index is 448. The number of ether oxygens (including phenoxy) is 1. The monoisotopic (exact) mass is 277 g/mol. The Hall–Kier alpha value is -1.59. The fourth-order valence-corrected chi connectivity index (χ4v) is 2.36. The van der Waals surface area contributed by atoms with Crippen molar-refractivity contribution in [3.8, 4) is 0 Å². The van der Waals surface area contributed by atoms with Crippen molar-refractivity contribution in [2.45, 2.75) is 20.5 Å². The van der Waals surface area contributed by atoms with E-state index in [0.717, 1.165) is 31.9 Å². The summed E-state index contributed by atoms with van der Waals surface area (Å²) in [6.07, 6.45) is 0. The van der Waals surface area contributed by atoms with Crippen molar-refractivity contribution in [3.05, 3.63) is 34.9 Å². The van der Waals surface area contributed by atoms with Gasteiger partial charge in [0, 0.05) is 13.1 Å². The SMILES string of the molecule is Cc1cc(C)cc(CO/N=C(/N)CN2CCOCC2)c1. The third kappa shape index (κ3) is 4.83. The van der Waals surface area contributed by atoms with E-state index in [-0.39, 0.29) is 0 Å². The van der Waals surface area contributed by atoms with Gasteiger partial charge in [0.1, 0.15) is 6.61 Å². The Morgan fingerprint density at radius 3 is 2.55 bits per heavy atom. The van der Waals surface area contributed by atoms with E-state index in [1.165, 1.54) is 11.1 Å². The van der Waals surface area contributed by atoms with Gasteiger partial charge in [0.15, 0.2) is 5.84 Å². The Morgan fingerprint density at radius 1 is 1.25 bits per heavy atom. The topological polar surface area (TPSA) is 60.1 Å². The molecule has 0 atom stereocenters. The number of rotatable bonds is 5. The van der Waals surface area contributed by atoms with Crippen LogP contribution in [0, 0.1) is 13.8 Å². The molecule has 1 saturated heterocycles. The molecule has 20 heavy (non-hydrogen) atoms. The van der Waals surface area contributed by atoms with E-state index >= 15 is 0 Å². The molecule has 0 unspecified atom stereocenters. The molecule has 0 amide bonds. The smallest absolute Gasteiger partial charge is 0.153 e. The van der Waals surface area contributed by atoms with Crippen molar-refractivity contribution in [2.24, 2.45) is 10.9 Å². The number of aryl methyl sites for hydroxylation is 2. The zero-order valence-electron chi connectivity index (χ0n) is 12.3. The second-order valence-corrected chi connectivity index (χ2v) is 5.24. The summed E-state index contributed by atoms with van der Waals surface area (Å²) in [4.78, 5) is 7.55. The molecule has 0 aliphatic carbocycles. The highest BCUT2D eigenvalue weighted by atomic mass is 16.6. The molecule has 2 N–H and O–H groups in total. The number of hydrogen-bond donors (Lipinski definition) is 1. The Labute approximate surface area is 120 Å². The van der Waals surface area contributed by atoms with E-state index in [9.17, 15) is 0 Å². The minimum Gasteiger partial charge on any atom is -0.389 e. The summed E-state index contributed by atoms with van der Waals surface area (Å²) in [6.45, 7) is 8.55. The molecule has 1 aliphatic rings. The third-order valence-electron chi connectivity index (χ3n) is 3.18. The molecule has 1 aromatic carbocycles. The van der Waals surface area contributed by atoms with Crippen molar-refractivity contribution in [3.63, 3.8) is 0 Å². The van der Waals surface area contributed by atoms with E-state index in [1.807, 2.05) is 0 Å². The largest absolute Gasteiger partial charge is 0.389 e. The van der Waals surface area contributed by atoms with Gasteiger partial charge in [-0.25, -0.2) is 0 Å². The van der Waals surface area contributed by atoms with E-state index in [1.54, 1.807) is 0 Å². The van der Waals surface area contributed by atoms with Crippen molar-refractivity contribution >= 4 is 5.84 Å². The molecule has 0 bridgehead atoms. The fourth-order valence-electron chi connectivity index (χ4n) is 2.36. The summed E-state index contributed by atoms with van der Waals surface area (Å²) in [6, 6.07) is 6.33. The third-order valence-corrected chi connectivity index (χ3v) is 3.18. The number of nitrogens with two attached hydrogens (primary N) is 1.